The Kier molecular flexibility index (Phi) is 8.54. The van der Waals surface area contributed by atoms with Crippen molar-refractivity contribution in [3.05, 3.63) is 16.8 Å². The minimum absolute atomic E-state index is 0.0507. The van der Waals surface area contributed by atoms with Gasteiger partial charge < -0.3 is 29.4 Å². The minimum atomic E-state index is -2.10. The second kappa shape index (κ2) is 11.3. The third-order valence-corrected chi connectivity index (χ3v) is 5.53. The Balaban J connectivity index is 2.10. The molecule has 1 unspecified atom stereocenters. The lowest BCUT2D eigenvalue weighted by molar-refractivity contribution is -0.178. The summed E-state index contributed by atoms with van der Waals surface area (Å²) in [7, 11) is 0. The lowest BCUT2D eigenvalue weighted by Crippen LogP contribution is -2.54. The van der Waals surface area contributed by atoms with Gasteiger partial charge in [-0.1, -0.05) is 17.5 Å². The Morgan fingerprint density at radius 2 is 1.97 bits per heavy atom. The van der Waals surface area contributed by atoms with Crippen LogP contribution in [0.2, 0.25) is 10.4 Å². The average molecular weight is 558 g/mol. The largest absolute Gasteiger partial charge is 0.464 e. The Hall–Kier alpha value is -3.51. The van der Waals surface area contributed by atoms with E-state index in [4.69, 9.17) is 59.0 Å². The van der Waals surface area contributed by atoms with Gasteiger partial charge in [0.25, 0.3) is 5.91 Å². The van der Waals surface area contributed by atoms with E-state index in [9.17, 15) is 19.2 Å². The summed E-state index contributed by atoms with van der Waals surface area (Å²) < 4.78 is 28.4. The number of rotatable bonds is 9. The number of halogens is 2. The minimum Gasteiger partial charge on any atom is -0.464 e. The normalized spacial score (nSPS) is 23.7. The number of amides is 1. The third kappa shape index (κ3) is 5.59. The molecule has 3 rings (SSSR count). The van der Waals surface area contributed by atoms with Gasteiger partial charge in [0.15, 0.2) is 17.0 Å². The van der Waals surface area contributed by atoms with Crippen LogP contribution >= 0.6 is 23.2 Å². The standard InChI is InChI=1S/C21H21Cl2N5O9/c1-5-21(37-10(4)30)11(7-34-13(16(24)31)19(32)33-6-2)36-18(14(21)35-9(3)29)28-8-25-12-15(22)26-20(23)27-17(12)28/h1,8,11,13-14,18H,6-7H2,2-4H3,(H2,24,31)/t11-,13?,14+,18-,21-/m1/s1. The highest BCUT2D eigenvalue weighted by Crippen LogP contribution is 2.43. The highest BCUT2D eigenvalue weighted by atomic mass is 35.5. The number of carbonyl (C=O) groups is 4. The first-order chi connectivity index (χ1) is 17.4. The van der Waals surface area contributed by atoms with Crippen molar-refractivity contribution in [3.8, 4) is 12.3 Å². The van der Waals surface area contributed by atoms with Crippen LogP contribution in [0.3, 0.4) is 0 Å². The van der Waals surface area contributed by atoms with Crippen LogP contribution < -0.4 is 5.73 Å². The number of hydrogen-bond donors (Lipinski definition) is 1. The summed E-state index contributed by atoms with van der Waals surface area (Å²) in [6.45, 7) is 3.01. The van der Waals surface area contributed by atoms with E-state index in [1.165, 1.54) is 17.8 Å². The number of primary amides is 1. The van der Waals surface area contributed by atoms with Crippen molar-refractivity contribution in [1.29, 1.82) is 0 Å². The molecule has 1 aliphatic rings. The van der Waals surface area contributed by atoms with Crippen LogP contribution in [0.1, 0.15) is 27.0 Å². The van der Waals surface area contributed by atoms with Gasteiger partial charge in [0, 0.05) is 13.8 Å². The van der Waals surface area contributed by atoms with Gasteiger partial charge in [-0.25, -0.2) is 14.8 Å². The molecular formula is C21H21Cl2N5O9. The monoisotopic (exact) mass is 557 g/mol. The van der Waals surface area contributed by atoms with Gasteiger partial charge >= 0.3 is 17.9 Å². The number of imidazole rings is 1. The van der Waals surface area contributed by atoms with Gasteiger partial charge in [-0.15, -0.1) is 6.42 Å². The number of aromatic nitrogens is 4. The number of carbonyl (C=O) groups excluding carboxylic acids is 4. The zero-order valence-electron chi connectivity index (χ0n) is 19.7. The highest BCUT2D eigenvalue weighted by Gasteiger charge is 2.62. The summed E-state index contributed by atoms with van der Waals surface area (Å²) in [6, 6.07) is 0. The lowest BCUT2D eigenvalue weighted by Gasteiger charge is -2.32. The van der Waals surface area contributed by atoms with Gasteiger partial charge in [-0.05, 0) is 18.5 Å². The summed E-state index contributed by atoms with van der Waals surface area (Å²) in [5.74, 6) is -1.55. The highest BCUT2D eigenvalue weighted by molar-refractivity contribution is 6.35. The van der Waals surface area contributed by atoms with Crippen LogP contribution in [0.4, 0.5) is 0 Å². The molecule has 0 bridgehead atoms. The summed E-state index contributed by atoms with van der Waals surface area (Å²) in [6.07, 6.45) is 0.981. The summed E-state index contributed by atoms with van der Waals surface area (Å²) in [5, 5.41) is -0.291. The maximum absolute atomic E-state index is 12.1. The molecule has 1 saturated heterocycles. The van der Waals surface area contributed by atoms with Crippen molar-refractivity contribution in [1.82, 2.24) is 19.5 Å². The second-order valence-electron chi connectivity index (χ2n) is 7.55. The number of nitrogens with two attached hydrogens (primary N) is 1. The molecule has 0 aromatic carbocycles. The molecule has 1 aliphatic heterocycles. The van der Waals surface area contributed by atoms with Gasteiger partial charge in [0.05, 0.1) is 19.5 Å². The number of nitrogens with zero attached hydrogens (tertiary/aromatic N) is 4. The van der Waals surface area contributed by atoms with Crippen LogP contribution in [-0.4, -0.2) is 80.5 Å². The van der Waals surface area contributed by atoms with Crippen molar-refractivity contribution in [3.63, 3.8) is 0 Å². The van der Waals surface area contributed by atoms with Crippen LogP contribution in [0.15, 0.2) is 6.33 Å². The molecule has 198 valence electrons. The summed E-state index contributed by atoms with van der Waals surface area (Å²) >= 11 is 12.1. The van der Waals surface area contributed by atoms with Gasteiger partial charge in [-0.3, -0.25) is 19.0 Å². The molecule has 2 aromatic heterocycles. The van der Waals surface area contributed by atoms with Crippen LogP contribution in [-0.2, 0) is 42.9 Å². The van der Waals surface area contributed by atoms with Crippen LogP contribution in [0.25, 0.3) is 11.2 Å². The van der Waals surface area contributed by atoms with Crippen molar-refractivity contribution in [2.24, 2.45) is 5.73 Å². The van der Waals surface area contributed by atoms with Crippen LogP contribution in [0, 0.1) is 12.3 Å². The molecule has 0 aliphatic carbocycles. The number of terminal acetylenes is 1. The van der Waals surface area contributed by atoms with Gasteiger partial charge in [0.1, 0.15) is 11.6 Å². The Morgan fingerprint density at radius 3 is 2.54 bits per heavy atom. The first-order valence-electron chi connectivity index (χ1n) is 10.6. The predicted molar refractivity (Wildman–Crippen MR) is 124 cm³/mol. The molecule has 14 nitrogen and oxygen atoms in total. The molecule has 16 heteroatoms. The molecule has 5 atom stereocenters. The fourth-order valence-electron chi connectivity index (χ4n) is 3.71. The fraction of sp³-hybridized carbons (Fsp3) is 0.476. The topological polar surface area (TPSA) is 184 Å². The third-order valence-electron chi connectivity index (χ3n) is 5.09. The predicted octanol–water partition coefficient (Wildman–Crippen LogP) is 0.331. The first-order valence-corrected chi connectivity index (χ1v) is 11.3. The Bertz CT molecular complexity index is 1280. The van der Waals surface area contributed by atoms with E-state index >= 15 is 0 Å². The van der Waals surface area contributed by atoms with E-state index < -0.39 is 60.6 Å². The van der Waals surface area contributed by atoms with E-state index in [-0.39, 0.29) is 28.2 Å². The molecule has 0 spiro atoms. The van der Waals surface area contributed by atoms with Crippen molar-refractivity contribution in [2.75, 3.05) is 13.2 Å². The van der Waals surface area contributed by atoms with E-state index in [0.29, 0.717) is 0 Å². The molecule has 1 amide bonds. The van der Waals surface area contributed by atoms with Crippen LogP contribution in [0.5, 0.6) is 0 Å². The number of hydrogen-bond acceptors (Lipinski definition) is 12. The number of fused-ring (bicyclic) bond motifs is 1. The molecule has 1 fully saturated rings. The quantitative estimate of drug-likeness (QED) is 0.111. The number of ether oxygens (including phenoxy) is 5. The molecule has 2 aromatic rings. The molecule has 0 saturated carbocycles. The molecule has 2 N–H and O–H groups in total. The lowest BCUT2D eigenvalue weighted by atomic mass is 9.92. The van der Waals surface area contributed by atoms with Crippen molar-refractivity contribution >= 4 is 58.2 Å². The summed E-state index contributed by atoms with van der Waals surface area (Å²) in [5.41, 5.74) is 3.37. The molecular weight excluding hydrogens is 537 g/mol. The average Bonchev–Trinajstić information content (AvgIpc) is 3.33. The van der Waals surface area contributed by atoms with E-state index in [1.807, 2.05) is 0 Å². The smallest absolute Gasteiger partial charge is 0.345 e. The molecule has 37 heavy (non-hydrogen) atoms. The number of esters is 3. The second-order valence-corrected chi connectivity index (χ2v) is 8.25. The zero-order chi connectivity index (χ0) is 27.5. The SMILES string of the molecule is C#C[C@@]1(OC(C)=O)[C@@H](COC(C(N)=O)C(=O)OCC)O[C@@H](n2cnc3c(Cl)nc(Cl)nc32)[C@@H]1OC(C)=O. The fourth-order valence-corrected chi connectivity index (χ4v) is 4.13. The molecule has 3 heterocycles. The maximum atomic E-state index is 12.1. The van der Waals surface area contributed by atoms with E-state index in [0.717, 1.165) is 13.8 Å². The van der Waals surface area contributed by atoms with E-state index in [1.54, 1.807) is 0 Å². The Morgan fingerprint density at radius 1 is 1.27 bits per heavy atom. The summed E-state index contributed by atoms with van der Waals surface area (Å²) in [4.78, 5) is 60.1. The van der Waals surface area contributed by atoms with Crippen molar-refractivity contribution < 1.29 is 42.9 Å². The first kappa shape index (κ1) is 28.1. The zero-order valence-corrected chi connectivity index (χ0v) is 21.2. The molecule has 0 radical (unpaired) electrons. The Labute approximate surface area is 219 Å². The van der Waals surface area contributed by atoms with E-state index in [2.05, 4.69) is 20.9 Å². The van der Waals surface area contributed by atoms with Crippen molar-refractivity contribution in [2.45, 2.75) is 50.9 Å². The van der Waals surface area contributed by atoms with Gasteiger partial charge in [0.2, 0.25) is 23.1 Å². The maximum Gasteiger partial charge on any atom is 0.345 e. The van der Waals surface area contributed by atoms with Gasteiger partial charge in [-0.2, -0.15) is 4.98 Å².